The molecule has 1 aromatic rings. The standard InChI is InChI=1S/C8H7ClN2OS/c9-6-3-1-2-5(4-6)7(12)11-8(10)13/h1-4H,(H3,10,11,12,13). The van der Waals surface area contributed by atoms with Crippen molar-refractivity contribution in [2.45, 2.75) is 0 Å². The second kappa shape index (κ2) is 4.20. The minimum Gasteiger partial charge on any atom is -0.376 e. The van der Waals surface area contributed by atoms with E-state index in [0.29, 0.717) is 10.6 Å². The number of nitrogens with two attached hydrogens (primary N) is 1. The van der Waals surface area contributed by atoms with Crippen LogP contribution in [0, 0.1) is 0 Å². The summed E-state index contributed by atoms with van der Waals surface area (Å²) in [4.78, 5) is 11.3. The van der Waals surface area contributed by atoms with Gasteiger partial charge >= 0.3 is 0 Å². The predicted octanol–water partition coefficient (Wildman–Crippen LogP) is 1.31. The van der Waals surface area contributed by atoms with Crippen molar-refractivity contribution in [3.8, 4) is 0 Å². The molecule has 5 heteroatoms. The van der Waals surface area contributed by atoms with E-state index in [-0.39, 0.29) is 11.0 Å². The normalized spacial score (nSPS) is 9.31. The number of thiocarbonyl (C=S) groups is 1. The van der Waals surface area contributed by atoms with Crippen LogP contribution in [0.25, 0.3) is 0 Å². The molecule has 0 aromatic heterocycles. The van der Waals surface area contributed by atoms with Crippen LogP contribution in [0.15, 0.2) is 24.3 Å². The van der Waals surface area contributed by atoms with Crippen LogP contribution in [0.2, 0.25) is 5.02 Å². The van der Waals surface area contributed by atoms with Gasteiger partial charge < -0.3 is 5.73 Å². The molecule has 0 radical (unpaired) electrons. The number of nitrogens with one attached hydrogen (secondary N) is 1. The van der Waals surface area contributed by atoms with E-state index in [2.05, 4.69) is 17.5 Å². The van der Waals surface area contributed by atoms with E-state index in [9.17, 15) is 4.79 Å². The minimum atomic E-state index is -0.352. The van der Waals surface area contributed by atoms with Gasteiger partial charge in [0.1, 0.15) is 0 Å². The molecule has 0 bridgehead atoms. The van der Waals surface area contributed by atoms with E-state index < -0.39 is 0 Å². The molecule has 0 saturated carbocycles. The molecule has 1 amide bonds. The molecule has 0 atom stereocenters. The van der Waals surface area contributed by atoms with Gasteiger partial charge in [0, 0.05) is 10.6 Å². The Kier molecular flexibility index (Phi) is 3.22. The molecular formula is C8H7ClN2OS. The Morgan fingerprint density at radius 2 is 2.23 bits per heavy atom. The van der Waals surface area contributed by atoms with E-state index in [4.69, 9.17) is 17.3 Å². The lowest BCUT2D eigenvalue weighted by Crippen LogP contribution is -2.34. The fourth-order valence-electron chi connectivity index (χ4n) is 0.814. The zero-order valence-electron chi connectivity index (χ0n) is 6.58. The lowest BCUT2D eigenvalue weighted by molar-refractivity contribution is 0.0977. The van der Waals surface area contributed by atoms with Crippen LogP contribution in [0.4, 0.5) is 0 Å². The Balaban J connectivity index is 2.83. The van der Waals surface area contributed by atoms with Crippen molar-refractivity contribution in [1.29, 1.82) is 0 Å². The van der Waals surface area contributed by atoms with Crippen molar-refractivity contribution in [2.75, 3.05) is 0 Å². The molecule has 68 valence electrons. The first kappa shape index (κ1) is 9.95. The molecule has 3 N–H and O–H groups in total. The molecule has 0 saturated heterocycles. The molecule has 13 heavy (non-hydrogen) atoms. The zero-order valence-corrected chi connectivity index (χ0v) is 8.15. The molecule has 0 unspecified atom stereocenters. The summed E-state index contributed by atoms with van der Waals surface area (Å²) < 4.78 is 0. The summed E-state index contributed by atoms with van der Waals surface area (Å²) in [6.45, 7) is 0. The van der Waals surface area contributed by atoms with Gasteiger partial charge in [-0.2, -0.15) is 0 Å². The van der Waals surface area contributed by atoms with E-state index in [1.807, 2.05) is 0 Å². The predicted molar refractivity (Wildman–Crippen MR) is 55.7 cm³/mol. The van der Waals surface area contributed by atoms with Gasteiger partial charge in [0.15, 0.2) is 5.11 Å². The van der Waals surface area contributed by atoms with Crippen molar-refractivity contribution >= 4 is 34.8 Å². The van der Waals surface area contributed by atoms with Crippen LogP contribution in [-0.2, 0) is 0 Å². The summed E-state index contributed by atoms with van der Waals surface area (Å²) in [5, 5.41) is 2.74. The fourth-order valence-corrected chi connectivity index (χ4v) is 1.10. The van der Waals surface area contributed by atoms with Crippen LogP contribution in [0.5, 0.6) is 0 Å². The quantitative estimate of drug-likeness (QED) is 0.694. The van der Waals surface area contributed by atoms with Crippen LogP contribution < -0.4 is 11.1 Å². The number of rotatable bonds is 1. The number of halogens is 1. The van der Waals surface area contributed by atoms with Crippen LogP contribution >= 0.6 is 23.8 Å². The van der Waals surface area contributed by atoms with Gasteiger partial charge in [-0.05, 0) is 30.4 Å². The summed E-state index contributed by atoms with van der Waals surface area (Å²) in [6, 6.07) is 6.52. The molecular weight excluding hydrogens is 208 g/mol. The maximum Gasteiger partial charge on any atom is 0.257 e. The first-order chi connectivity index (χ1) is 6.09. The smallest absolute Gasteiger partial charge is 0.257 e. The average Bonchev–Trinajstić information content (AvgIpc) is 2.03. The number of carbonyl (C=O) groups excluding carboxylic acids is 1. The highest BCUT2D eigenvalue weighted by Gasteiger charge is 2.05. The van der Waals surface area contributed by atoms with Crippen molar-refractivity contribution in [3.63, 3.8) is 0 Å². The van der Waals surface area contributed by atoms with E-state index in [0.717, 1.165) is 0 Å². The van der Waals surface area contributed by atoms with Crippen molar-refractivity contribution in [3.05, 3.63) is 34.9 Å². The van der Waals surface area contributed by atoms with E-state index in [1.165, 1.54) is 6.07 Å². The second-order valence-corrected chi connectivity index (χ2v) is 3.20. The SMILES string of the molecule is NC(=S)NC(=O)c1cccc(Cl)c1. The van der Waals surface area contributed by atoms with Gasteiger partial charge in [-0.1, -0.05) is 17.7 Å². The van der Waals surface area contributed by atoms with E-state index >= 15 is 0 Å². The number of amides is 1. The highest BCUT2D eigenvalue weighted by molar-refractivity contribution is 7.80. The molecule has 0 aliphatic carbocycles. The second-order valence-electron chi connectivity index (χ2n) is 2.33. The van der Waals surface area contributed by atoms with Gasteiger partial charge in [-0.25, -0.2) is 0 Å². The molecule has 1 rings (SSSR count). The first-order valence-corrected chi connectivity index (χ1v) is 4.24. The molecule has 0 fully saturated rings. The molecule has 1 aromatic carbocycles. The van der Waals surface area contributed by atoms with Crippen LogP contribution in [0.1, 0.15) is 10.4 Å². The summed E-state index contributed by atoms with van der Waals surface area (Å²) >= 11 is 10.2. The fraction of sp³-hybridized carbons (Fsp3) is 0. The lowest BCUT2D eigenvalue weighted by Gasteiger charge is -2.01. The Labute approximate surface area is 85.9 Å². The topological polar surface area (TPSA) is 55.1 Å². The highest BCUT2D eigenvalue weighted by Crippen LogP contribution is 2.10. The number of carbonyl (C=O) groups is 1. The summed E-state index contributed by atoms with van der Waals surface area (Å²) in [6.07, 6.45) is 0. The Morgan fingerprint density at radius 3 is 2.77 bits per heavy atom. The van der Waals surface area contributed by atoms with Crippen LogP contribution in [0.3, 0.4) is 0 Å². The Morgan fingerprint density at radius 1 is 1.54 bits per heavy atom. The number of hydrogen-bond acceptors (Lipinski definition) is 2. The number of hydrogen-bond donors (Lipinski definition) is 2. The maximum absolute atomic E-state index is 11.3. The number of benzene rings is 1. The van der Waals surface area contributed by atoms with Crippen LogP contribution in [-0.4, -0.2) is 11.0 Å². The summed E-state index contributed by atoms with van der Waals surface area (Å²) in [5.41, 5.74) is 5.57. The third-order valence-corrected chi connectivity index (χ3v) is 1.66. The van der Waals surface area contributed by atoms with E-state index in [1.54, 1.807) is 18.2 Å². The Bertz CT molecular complexity index is 354. The zero-order chi connectivity index (χ0) is 9.84. The molecule has 0 spiro atoms. The van der Waals surface area contributed by atoms with Gasteiger partial charge in [0.25, 0.3) is 5.91 Å². The highest BCUT2D eigenvalue weighted by atomic mass is 35.5. The maximum atomic E-state index is 11.3. The third-order valence-electron chi connectivity index (χ3n) is 1.32. The molecule has 0 aliphatic heterocycles. The first-order valence-electron chi connectivity index (χ1n) is 3.46. The Hall–Kier alpha value is -1.13. The van der Waals surface area contributed by atoms with Gasteiger partial charge in [-0.15, -0.1) is 0 Å². The minimum absolute atomic E-state index is 0.0509. The van der Waals surface area contributed by atoms with Crippen molar-refractivity contribution < 1.29 is 4.79 Å². The largest absolute Gasteiger partial charge is 0.376 e. The molecule has 3 nitrogen and oxygen atoms in total. The van der Waals surface area contributed by atoms with Crippen molar-refractivity contribution in [2.24, 2.45) is 5.73 Å². The monoisotopic (exact) mass is 214 g/mol. The molecule has 0 heterocycles. The van der Waals surface area contributed by atoms with Gasteiger partial charge in [-0.3, -0.25) is 10.1 Å². The summed E-state index contributed by atoms with van der Waals surface area (Å²) in [7, 11) is 0. The van der Waals surface area contributed by atoms with Gasteiger partial charge in [0.05, 0.1) is 0 Å². The molecule has 0 aliphatic rings. The lowest BCUT2D eigenvalue weighted by atomic mass is 10.2. The average molecular weight is 215 g/mol. The third kappa shape index (κ3) is 3.01. The van der Waals surface area contributed by atoms with Crippen molar-refractivity contribution in [1.82, 2.24) is 5.32 Å². The summed E-state index contributed by atoms with van der Waals surface area (Å²) in [5.74, 6) is -0.352. The van der Waals surface area contributed by atoms with Gasteiger partial charge in [0.2, 0.25) is 0 Å².